The lowest BCUT2D eigenvalue weighted by atomic mass is 10.0. The third-order valence-corrected chi connectivity index (χ3v) is 3.18. The molecule has 82 valence electrons. The van der Waals surface area contributed by atoms with Gasteiger partial charge in [0.15, 0.2) is 0 Å². The van der Waals surface area contributed by atoms with Crippen LogP contribution in [-0.4, -0.2) is 11.2 Å². The Bertz CT molecular complexity index is 344. The van der Waals surface area contributed by atoms with Crippen molar-refractivity contribution in [1.29, 1.82) is 0 Å². The molecule has 0 saturated heterocycles. The van der Waals surface area contributed by atoms with Crippen LogP contribution < -0.4 is 0 Å². The van der Waals surface area contributed by atoms with E-state index in [1.165, 1.54) is 18.9 Å². The van der Waals surface area contributed by atoms with Crippen LogP contribution in [0.3, 0.4) is 0 Å². The fourth-order valence-electron chi connectivity index (χ4n) is 1.96. The van der Waals surface area contributed by atoms with Gasteiger partial charge in [-0.25, -0.2) is 4.39 Å². The molecule has 0 heterocycles. The van der Waals surface area contributed by atoms with E-state index < -0.39 is 0 Å². The summed E-state index contributed by atoms with van der Waals surface area (Å²) in [4.78, 5) is 0. The first kappa shape index (κ1) is 10.6. The van der Waals surface area contributed by atoms with Gasteiger partial charge in [-0.2, -0.15) is 0 Å². The quantitative estimate of drug-likeness (QED) is 0.806. The fraction of sp³-hybridized carbons (Fsp3) is 0.538. The third-order valence-electron chi connectivity index (χ3n) is 3.18. The molecule has 1 fully saturated rings. The zero-order valence-electron chi connectivity index (χ0n) is 9.04. The summed E-state index contributed by atoms with van der Waals surface area (Å²) in [6, 6.07) is 4.87. The number of aliphatic hydroxyl groups excluding tert-OH is 1. The first-order valence-electron chi connectivity index (χ1n) is 5.60. The first-order chi connectivity index (χ1) is 7.16. The largest absolute Gasteiger partial charge is 0.393 e. The minimum atomic E-state index is -0.181. The molecular weight excluding hydrogens is 191 g/mol. The maximum absolute atomic E-state index is 12.8. The maximum atomic E-state index is 12.8. The second-order valence-corrected chi connectivity index (χ2v) is 4.51. The molecule has 1 atom stereocenters. The van der Waals surface area contributed by atoms with Crippen molar-refractivity contribution in [3.63, 3.8) is 0 Å². The van der Waals surface area contributed by atoms with Crippen LogP contribution in [0.5, 0.6) is 0 Å². The summed E-state index contributed by atoms with van der Waals surface area (Å²) in [7, 11) is 0. The van der Waals surface area contributed by atoms with Gasteiger partial charge >= 0.3 is 0 Å². The number of aryl methyl sites for hydroxylation is 2. The molecule has 0 aliphatic heterocycles. The standard InChI is InChI=1S/C13H17FO/c1-9-8-12(14)6-4-10(9)5-7-13(15)11-2-3-11/h4,6,8,11,13,15H,2-3,5,7H2,1H3. The Kier molecular flexibility index (Phi) is 3.06. The van der Waals surface area contributed by atoms with E-state index in [1.54, 1.807) is 6.07 Å². The van der Waals surface area contributed by atoms with Gasteiger partial charge in [-0.3, -0.25) is 0 Å². The van der Waals surface area contributed by atoms with Gasteiger partial charge < -0.3 is 5.11 Å². The van der Waals surface area contributed by atoms with Gasteiger partial charge in [0, 0.05) is 0 Å². The monoisotopic (exact) mass is 208 g/mol. The third kappa shape index (κ3) is 2.78. The molecule has 15 heavy (non-hydrogen) atoms. The predicted octanol–water partition coefficient (Wildman–Crippen LogP) is 2.84. The van der Waals surface area contributed by atoms with Crippen LogP contribution in [0.2, 0.25) is 0 Å². The van der Waals surface area contributed by atoms with Crippen molar-refractivity contribution in [2.75, 3.05) is 0 Å². The molecule has 0 spiro atoms. The van der Waals surface area contributed by atoms with Crippen molar-refractivity contribution in [3.8, 4) is 0 Å². The van der Waals surface area contributed by atoms with E-state index in [0.29, 0.717) is 5.92 Å². The van der Waals surface area contributed by atoms with E-state index in [-0.39, 0.29) is 11.9 Å². The fourth-order valence-corrected chi connectivity index (χ4v) is 1.96. The highest BCUT2D eigenvalue weighted by molar-refractivity contribution is 5.26. The topological polar surface area (TPSA) is 20.2 Å². The summed E-state index contributed by atoms with van der Waals surface area (Å²) >= 11 is 0. The molecule has 1 nitrogen and oxygen atoms in total. The molecule has 1 aliphatic rings. The number of hydrogen-bond acceptors (Lipinski definition) is 1. The van der Waals surface area contributed by atoms with E-state index in [9.17, 15) is 9.50 Å². The molecule has 0 bridgehead atoms. The number of benzene rings is 1. The van der Waals surface area contributed by atoms with Gasteiger partial charge in [0.05, 0.1) is 6.10 Å². The smallest absolute Gasteiger partial charge is 0.123 e. The van der Waals surface area contributed by atoms with E-state index in [0.717, 1.165) is 24.0 Å². The van der Waals surface area contributed by atoms with Crippen molar-refractivity contribution in [2.24, 2.45) is 5.92 Å². The Morgan fingerprint density at radius 3 is 2.80 bits per heavy atom. The number of rotatable bonds is 4. The normalized spacial score (nSPS) is 17.8. The van der Waals surface area contributed by atoms with Crippen LogP contribution in [0, 0.1) is 18.7 Å². The molecule has 2 rings (SSSR count). The van der Waals surface area contributed by atoms with Crippen LogP contribution in [-0.2, 0) is 6.42 Å². The van der Waals surface area contributed by atoms with E-state index in [2.05, 4.69) is 0 Å². The second-order valence-electron chi connectivity index (χ2n) is 4.51. The first-order valence-corrected chi connectivity index (χ1v) is 5.60. The molecule has 1 aromatic rings. The SMILES string of the molecule is Cc1cc(F)ccc1CCC(O)C1CC1. The molecule has 1 saturated carbocycles. The summed E-state index contributed by atoms with van der Waals surface area (Å²) in [5.41, 5.74) is 2.13. The minimum Gasteiger partial charge on any atom is -0.393 e. The summed E-state index contributed by atoms with van der Waals surface area (Å²) in [6.45, 7) is 1.92. The zero-order valence-corrected chi connectivity index (χ0v) is 9.04. The molecule has 0 radical (unpaired) electrons. The van der Waals surface area contributed by atoms with Crippen molar-refractivity contribution in [2.45, 2.75) is 38.7 Å². The Morgan fingerprint density at radius 1 is 1.47 bits per heavy atom. The molecule has 1 aromatic carbocycles. The molecule has 1 N–H and O–H groups in total. The number of hydrogen-bond donors (Lipinski definition) is 1. The van der Waals surface area contributed by atoms with Crippen LogP contribution >= 0.6 is 0 Å². The lowest BCUT2D eigenvalue weighted by Gasteiger charge is -2.10. The Labute approximate surface area is 89.9 Å². The summed E-state index contributed by atoms with van der Waals surface area (Å²) in [6.07, 6.45) is 3.84. The maximum Gasteiger partial charge on any atom is 0.123 e. The molecule has 0 aromatic heterocycles. The highest BCUT2D eigenvalue weighted by Crippen LogP contribution is 2.34. The number of aliphatic hydroxyl groups is 1. The van der Waals surface area contributed by atoms with Crippen LogP contribution in [0.1, 0.15) is 30.4 Å². The molecule has 1 aliphatic carbocycles. The van der Waals surface area contributed by atoms with E-state index in [4.69, 9.17) is 0 Å². The van der Waals surface area contributed by atoms with Crippen molar-refractivity contribution >= 4 is 0 Å². The molecule has 0 amide bonds. The molecular formula is C13H17FO. The Hall–Kier alpha value is -0.890. The Morgan fingerprint density at radius 2 is 2.20 bits per heavy atom. The van der Waals surface area contributed by atoms with Crippen LogP contribution in [0.25, 0.3) is 0 Å². The zero-order chi connectivity index (χ0) is 10.8. The molecule has 2 heteroatoms. The van der Waals surface area contributed by atoms with Crippen molar-refractivity contribution in [3.05, 3.63) is 35.1 Å². The van der Waals surface area contributed by atoms with Gasteiger partial charge in [-0.05, 0) is 61.8 Å². The van der Waals surface area contributed by atoms with Gasteiger partial charge in [-0.15, -0.1) is 0 Å². The predicted molar refractivity (Wildman–Crippen MR) is 58.2 cm³/mol. The lowest BCUT2D eigenvalue weighted by Crippen LogP contribution is -2.10. The summed E-state index contributed by atoms with van der Waals surface area (Å²) in [5, 5.41) is 9.72. The van der Waals surface area contributed by atoms with Crippen LogP contribution in [0.15, 0.2) is 18.2 Å². The molecule has 1 unspecified atom stereocenters. The minimum absolute atomic E-state index is 0.158. The van der Waals surface area contributed by atoms with Crippen molar-refractivity contribution in [1.82, 2.24) is 0 Å². The second kappa shape index (κ2) is 4.31. The van der Waals surface area contributed by atoms with Crippen molar-refractivity contribution < 1.29 is 9.50 Å². The van der Waals surface area contributed by atoms with E-state index >= 15 is 0 Å². The lowest BCUT2D eigenvalue weighted by molar-refractivity contribution is 0.142. The Balaban J connectivity index is 1.92. The van der Waals surface area contributed by atoms with Crippen LogP contribution in [0.4, 0.5) is 4.39 Å². The van der Waals surface area contributed by atoms with Gasteiger partial charge in [0.25, 0.3) is 0 Å². The average molecular weight is 208 g/mol. The van der Waals surface area contributed by atoms with E-state index in [1.807, 2.05) is 13.0 Å². The van der Waals surface area contributed by atoms with Gasteiger partial charge in [0.1, 0.15) is 5.82 Å². The van der Waals surface area contributed by atoms with Gasteiger partial charge in [0.2, 0.25) is 0 Å². The highest BCUT2D eigenvalue weighted by atomic mass is 19.1. The number of halogens is 1. The summed E-state index contributed by atoms with van der Waals surface area (Å²) in [5.74, 6) is 0.352. The highest BCUT2D eigenvalue weighted by Gasteiger charge is 2.29. The van der Waals surface area contributed by atoms with Gasteiger partial charge in [-0.1, -0.05) is 6.07 Å². The summed E-state index contributed by atoms with van der Waals surface area (Å²) < 4.78 is 12.8. The average Bonchev–Trinajstić information content (AvgIpc) is 2.99.